The Kier molecular flexibility index (Phi) is 6.09. The third-order valence-electron chi connectivity index (χ3n) is 3.70. The molecule has 1 aliphatic heterocycles. The largest absolute Gasteiger partial charge is 0.394 e. The molecule has 0 aromatic heterocycles. The molecular weight excluding hydrogens is 302 g/mol. The van der Waals surface area contributed by atoms with Crippen molar-refractivity contribution in [2.75, 3.05) is 19.8 Å². The van der Waals surface area contributed by atoms with E-state index in [1.54, 1.807) is 0 Å². The van der Waals surface area contributed by atoms with Crippen molar-refractivity contribution in [1.29, 1.82) is 0 Å². The molecule has 3 atom stereocenters. The fourth-order valence-electron chi connectivity index (χ4n) is 2.54. The second-order valence-electron chi connectivity index (χ2n) is 5.45. The highest BCUT2D eigenvalue weighted by molar-refractivity contribution is 5.86. The van der Waals surface area contributed by atoms with Crippen LogP contribution < -0.4 is 0 Å². The van der Waals surface area contributed by atoms with Crippen molar-refractivity contribution in [2.45, 2.75) is 30.8 Å². The minimum atomic E-state index is -1.24. The van der Waals surface area contributed by atoms with Gasteiger partial charge in [-0.1, -0.05) is 35.4 Å². The number of benzene rings is 1. The topological polar surface area (TPSA) is 125 Å². The maximum absolute atomic E-state index is 12.1. The molecule has 23 heavy (non-hydrogen) atoms. The van der Waals surface area contributed by atoms with Gasteiger partial charge in [0.1, 0.15) is 17.4 Å². The lowest BCUT2D eigenvalue weighted by atomic mass is 9.89. The molecule has 0 aliphatic carbocycles. The first-order chi connectivity index (χ1) is 11.1. The zero-order valence-corrected chi connectivity index (χ0v) is 12.5. The number of hydrogen-bond donors (Lipinski definition) is 2. The summed E-state index contributed by atoms with van der Waals surface area (Å²) in [6, 6.07) is 8.36. The van der Waals surface area contributed by atoms with Gasteiger partial charge < -0.3 is 19.7 Å². The van der Waals surface area contributed by atoms with Crippen molar-refractivity contribution < 1.29 is 24.5 Å². The molecule has 0 saturated carbocycles. The molecule has 0 bridgehead atoms. The van der Waals surface area contributed by atoms with Crippen molar-refractivity contribution >= 4 is 5.78 Å². The van der Waals surface area contributed by atoms with Crippen LogP contribution in [0.1, 0.15) is 12.0 Å². The van der Waals surface area contributed by atoms with Crippen LogP contribution in [0.5, 0.6) is 0 Å². The molecule has 8 nitrogen and oxygen atoms in total. The van der Waals surface area contributed by atoms with E-state index >= 15 is 0 Å². The molecule has 1 fully saturated rings. The number of Topliss-reactive ketones (excluding diaryl/α,β-unsaturated/α-hetero) is 1. The second-order valence-corrected chi connectivity index (χ2v) is 5.45. The van der Waals surface area contributed by atoms with Crippen molar-refractivity contribution in [3.8, 4) is 0 Å². The molecule has 1 heterocycles. The Morgan fingerprint density at radius 2 is 2.13 bits per heavy atom. The summed E-state index contributed by atoms with van der Waals surface area (Å²) in [5.74, 6) is -0.384. The minimum Gasteiger partial charge on any atom is -0.394 e. The summed E-state index contributed by atoms with van der Waals surface area (Å²) in [7, 11) is 0. The van der Waals surface area contributed by atoms with E-state index in [0.717, 1.165) is 5.56 Å². The van der Waals surface area contributed by atoms with Crippen LogP contribution in [-0.4, -0.2) is 53.6 Å². The lowest BCUT2D eigenvalue weighted by Crippen LogP contribution is -2.57. The number of nitrogens with zero attached hydrogens (tertiary/aromatic N) is 3. The van der Waals surface area contributed by atoms with Gasteiger partial charge in [-0.2, -0.15) is 0 Å². The number of aliphatic hydroxyl groups excluding tert-OH is 2. The monoisotopic (exact) mass is 321 g/mol. The van der Waals surface area contributed by atoms with Crippen LogP contribution in [0.2, 0.25) is 0 Å². The fraction of sp³-hybridized carbons (Fsp3) is 0.533. The Balaban J connectivity index is 2.02. The molecule has 2 rings (SSSR count). The van der Waals surface area contributed by atoms with E-state index < -0.39 is 31.0 Å². The number of azide groups is 1. The standard InChI is InChI=1S/C15H19N3O5/c16-18-17-14-12(21)6-15(9-20,23-13(14)7-19)10-22-8-11-4-2-1-3-5-11/h1-5,13-14,19-20H,6-10H2/t13-,14+,15-/m0/s1. The summed E-state index contributed by atoms with van der Waals surface area (Å²) in [4.78, 5) is 14.7. The highest BCUT2D eigenvalue weighted by atomic mass is 16.6. The van der Waals surface area contributed by atoms with E-state index in [0.29, 0.717) is 6.61 Å². The van der Waals surface area contributed by atoms with Gasteiger partial charge in [0.05, 0.1) is 32.5 Å². The third kappa shape index (κ3) is 4.28. The summed E-state index contributed by atoms with van der Waals surface area (Å²) < 4.78 is 11.2. The van der Waals surface area contributed by atoms with Crippen molar-refractivity contribution in [3.63, 3.8) is 0 Å². The van der Waals surface area contributed by atoms with Crippen molar-refractivity contribution in [2.24, 2.45) is 5.11 Å². The third-order valence-corrected chi connectivity index (χ3v) is 3.70. The molecule has 1 aromatic rings. The lowest BCUT2D eigenvalue weighted by molar-refractivity contribution is -0.195. The van der Waals surface area contributed by atoms with Crippen LogP contribution in [0, 0.1) is 0 Å². The van der Waals surface area contributed by atoms with E-state index in [1.165, 1.54) is 0 Å². The van der Waals surface area contributed by atoms with E-state index in [2.05, 4.69) is 10.0 Å². The highest BCUT2D eigenvalue weighted by Gasteiger charge is 2.46. The van der Waals surface area contributed by atoms with Gasteiger partial charge in [-0.05, 0) is 11.1 Å². The molecular formula is C15H19N3O5. The number of ether oxygens (including phenoxy) is 2. The summed E-state index contributed by atoms with van der Waals surface area (Å²) in [6.45, 7) is -0.629. The summed E-state index contributed by atoms with van der Waals surface area (Å²) >= 11 is 0. The average Bonchev–Trinajstić information content (AvgIpc) is 2.58. The molecule has 1 aliphatic rings. The van der Waals surface area contributed by atoms with Crippen molar-refractivity contribution in [3.05, 3.63) is 46.3 Å². The minimum absolute atomic E-state index is 0.0103. The maximum Gasteiger partial charge on any atom is 0.147 e. The van der Waals surface area contributed by atoms with Crippen LogP contribution in [0.15, 0.2) is 35.4 Å². The van der Waals surface area contributed by atoms with E-state index in [4.69, 9.17) is 15.0 Å². The molecule has 0 spiro atoms. The molecule has 0 amide bonds. The number of ketones is 1. The van der Waals surface area contributed by atoms with Crippen LogP contribution >= 0.6 is 0 Å². The zero-order chi connectivity index (χ0) is 16.7. The zero-order valence-electron chi connectivity index (χ0n) is 12.5. The SMILES string of the molecule is [N-]=[N+]=N[C@@H]1C(=O)C[C@](CO)(COCc2ccccc2)O[C@H]1CO. The van der Waals surface area contributed by atoms with Gasteiger partial charge in [0.2, 0.25) is 0 Å². The Bertz CT molecular complexity index is 576. The van der Waals surface area contributed by atoms with Gasteiger partial charge >= 0.3 is 0 Å². The first kappa shape index (κ1) is 17.4. The van der Waals surface area contributed by atoms with Crippen LogP contribution in [0.25, 0.3) is 10.4 Å². The Morgan fingerprint density at radius 1 is 1.39 bits per heavy atom. The Hall–Kier alpha value is -1.96. The van der Waals surface area contributed by atoms with E-state index in [9.17, 15) is 15.0 Å². The van der Waals surface area contributed by atoms with E-state index in [-0.39, 0.29) is 18.8 Å². The summed E-state index contributed by atoms with van der Waals surface area (Å²) in [5.41, 5.74) is 8.22. The highest BCUT2D eigenvalue weighted by Crippen LogP contribution is 2.29. The number of aliphatic hydroxyl groups is 2. The number of hydrogen-bond acceptors (Lipinski definition) is 6. The molecule has 1 aromatic carbocycles. The first-order valence-electron chi connectivity index (χ1n) is 7.22. The van der Waals surface area contributed by atoms with Gasteiger partial charge in [0.15, 0.2) is 0 Å². The van der Waals surface area contributed by atoms with E-state index in [1.807, 2.05) is 30.3 Å². The maximum atomic E-state index is 12.1. The lowest BCUT2D eigenvalue weighted by Gasteiger charge is -2.41. The van der Waals surface area contributed by atoms with Gasteiger partial charge in [0.25, 0.3) is 0 Å². The number of carbonyl (C=O) groups is 1. The first-order valence-corrected chi connectivity index (χ1v) is 7.22. The van der Waals surface area contributed by atoms with Gasteiger partial charge in [0, 0.05) is 11.3 Å². The predicted octanol–water partition coefficient (Wildman–Crippen LogP) is 0.964. The molecule has 1 saturated heterocycles. The van der Waals surface area contributed by atoms with Crippen LogP contribution in [0.3, 0.4) is 0 Å². The molecule has 0 unspecified atom stereocenters. The van der Waals surface area contributed by atoms with Crippen LogP contribution in [-0.2, 0) is 20.9 Å². The van der Waals surface area contributed by atoms with Crippen molar-refractivity contribution in [1.82, 2.24) is 0 Å². The van der Waals surface area contributed by atoms with Gasteiger partial charge in [-0.15, -0.1) is 0 Å². The number of rotatable bonds is 7. The summed E-state index contributed by atoms with van der Waals surface area (Å²) in [5, 5.41) is 22.4. The molecule has 2 N–H and O–H groups in total. The quantitative estimate of drug-likeness (QED) is 0.439. The summed E-state index contributed by atoms with van der Waals surface area (Å²) in [6.07, 6.45) is -1.13. The van der Waals surface area contributed by atoms with Crippen LogP contribution in [0.4, 0.5) is 0 Å². The molecule has 124 valence electrons. The fourth-order valence-corrected chi connectivity index (χ4v) is 2.54. The number of carbonyl (C=O) groups excluding carboxylic acids is 1. The average molecular weight is 321 g/mol. The Labute approximate surface area is 133 Å². The van der Waals surface area contributed by atoms with Gasteiger partial charge in [-0.25, -0.2) is 0 Å². The van der Waals surface area contributed by atoms with Gasteiger partial charge in [-0.3, -0.25) is 4.79 Å². The Morgan fingerprint density at radius 3 is 2.74 bits per heavy atom. The molecule has 0 radical (unpaired) electrons. The molecule has 8 heteroatoms. The predicted molar refractivity (Wildman–Crippen MR) is 80.4 cm³/mol. The second kappa shape index (κ2) is 8.05. The normalized spacial score (nSPS) is 27.5. The smallest absolute Gasteiger partial charge is 0.147 e.